The van der Waals surface area contributed by atoms with Gasteiger partial charge in [-0.05, 0) is 56.5 Å². The fraction of sp³-hybridized carbons (Fsp3) is 0.625. The molecular weight excluding hydrogens is 300 g/mol. The van der Waals surface area contributed by atoms with Crippen molar-refractivity contribution in [1.29, 1.82) is 0 Å². The van der Waals surface area contributed by atoms with E-state index in [0.29, 0.717) is 12.5 Å². The van der Waals surface area contributed by atoms with E-state index in [1.807, 2.05) is 13.0 Å². The molecule has 0 atom stereocenters. The number of nitrogens with zero attached hydrogens (tertiary/aromatic N) is 1. The fourth-order valence-electron chi connectivity index (χ4n) is 2.82. The first-order chi connectivity index (χ1) is 10.7. The average molecular weight is 326 g/mol. The first kappa shape index (κ1) is 17.4. The summed E-state index contributed by atoms with van der Waals surface area (Å²) in [6.45, 7) is 5.90. The number of benzene rings is 1. The second kappa shape index (κ2) is 9.25. The lowest BCUT2D eigenvalue weighted by Gasteiger charge is -2.32. The highest BCUT2D eigenvalue weighted by Crippen LogP contribution is 2.32. The van der Waals surface area contributed by atoms with Crippen molar-refractivity contribution in [2.45, 2.75) is 25.7 Å². The maximum absolute atomic E-state index is 5.95. The number of rotatable bonds is 8. The third kappa shape index (κ3) is 5.05. The van der Waals surface area contributed by atoms with Crippen molar-refractivity contribution < 1.29 is 14.0 Å². The highest BCUT2D eigenvalue weighted by Gasteiger charge is 2.21. The van der Waals surface area contributed by atoms with Gasteiger partial charge in [0.05, 0.1) is 19.4 Å². The van der Waals surface area contributed by atoms with E-state index < -0.39 is 0 Å². The lowest BCUT2D eigenvalue weighted by atomic mass is 9.89. The van der Waals surface area contributed by atoms with Crippen LogP contribution in [0.4, 0.5) is 5.69 Å². The van der Waals surface area contributed by atoms with Crippen LogP contribution in [0.2, 0.25) is 0 Å². The van der Waals surface area contributed by atoms with Crippen molar-refractivity contribution in [3.63, 3.8) is 0 Å². The molecule has 1 heterocycles. The van der Waals surface area contributed by atoms with E-state index in [0.717, 1.165) is 36.8 Å². The van der Waals surface area contributed by atoms with E-state index >= 15 is 0 Å². The van der Waals surface area contributed by atoms with Crippen LogP contribution < -0.4 is 10.5 Å². The summed E-state index contributed by atoms with van der Waals surface area (Å²) in [7, 11) is 1.53. The third-order valence-electron chi connectivity index (χ3n) is 4.00. The molecular formula is C16H26N2O3S. The summed E-state index contributed by atoms with van der Waals surface area (Å²) in [5.74, 6) is 2.34. The monoisotopic (exact) mass is 326 g/mol. The van der Waals surface area contributed by atoms with Crippen LogP contribution in [-0.4, -0.2) is 44.0 Å². The summed E-state index contributed by atoms with van der Waals surface area (Å²) in [6.07, 6.45) is 2.34. The van der Waals surface area contributed by atoms with Crippen LogP contribution in [0, 0.1) is 0 Å². The number of hydrogen-bond donors (Lipinski definition) is 1. The Balaban J connectivity index is 1.82. The fourth-order valence-corrected chi connectivity index (χ4v) is 3.32. The molecule has 0 spiro atoms. The molecule has 2 N–H and O–H groups in total. The summed E-state index contributed by atoms with van der Waals surface area (Å²) in [6, 6.07) is 6.22. The molecule has 124 valence electrons. The smallest absolute Gasteiger partial charge is 0.142 e. The molecule has 0 aliphatic carbocycles. The molecule has 1 aliphatic rings. The second-order valence-electron chi connectivity index (χ2n) is 5.40. The van der Waals surface area contributed by atoms with Crippen LogP contribution in [0.25, 0.3) is 0 Å². The van der Waals surface area contributed by atoms with E-state index in [4.69, 9.17) is 14.8 Å². The zero-order chi connectivity index (χ0) is 15.8. The minimum atomic E-state index is 0.596. The van der Waals surface area contributed by atoms with Gasteiger partial charge in [0.2, 0.25) is 0 Å². The molecule has 0 aromatic heterocycles. The summed E-state index contributed by atoms with van der Waals surface area (Å²) < 4.78 is 10.4. The van der Waals surface area contributed by atoms with Crippen LogP contribution in [0.3, 0.4) is 0 Å². The van der Waals surface area contributed by atoms with Crippen molar-refractivity contribution in [3.05, 3.63) is 23.8 Å². The summed E-state index contributed by atoms with van der Waals surface area (Å²) in [4.78, 5) is 7.04. The van der Waals surface area contributed by atoms with E-state index in [1.54, 1.807) is 0 Å². The lowest BCUT2D eigenvalue weighted by molar-refractivity contribution is -0.160. The summed E-state index contributed by atoms with van der Waals surface area (Å²) in [5, 5.41) is 0. The van der Waals surface area contributed by atoms with E-state index in [-0.39, 0.29) is 0 Å². The minimum Gasteiger partial charge on any atom is -0.492 e. The maximum atomic E-state index is 5.95. The maximum Gasteiger partial charge on any atom is 0.142 e. The van der Waals surface area contributed by atoms with E-state index in [9.17, 15) is 0 Å². The number of nitrogens with two attached hydrogens (primary N) is 1. The minimum absolute atomic E-state index is 0.596. The zero-order valence-corrected chi connectivity index (χ0v) is 14.2. The van der Waals surface area contributed by atoms with Gasteiger partial charge in [0.15, 0.2) is 0 Å². The molecule has 2 rings (SSSR count). The molecule has 0 unspecified atom stereocenters. The Labute approximate surface area is 137 Å². The Hall–Kier alpha value is -0.950. The number of nitrogen functional groups attached to an aromatic ring is 1. The second-order valence-corrected chi connectivity index (χ2v) is 6.18. The Morgan fingerprint density at radius 2 is 2.09 bits per heavy atom. The highest BCUT2D eigenvalue weighted by atomic mass is 32.2. The Kier molecular flexibility index (Phi) is 7.32. The van der Waals surface area contributed by atoms with Crippen molar-refractivity contribution >= 4 is 17.7 Å². The Morgan fingerprint density at radius 3 is 2.77 bits per heavy atom. The van der Waals surface area contributed by atoms with Crippen LogP contribution in [0.1, 0.15) is 31.2 Å². The van der Waals surface area contributed by atoms with Gasteiger partial charge in [-0.25, -0.2) is 4.89 Å². The van der Waals surface area contributed by atoms with Gasteiger partial charge in [0, 0.05) is 24.3 Å². The Bertz CT molecular complexity index is 451. The SMILES string of the molecule is CCOc1cc(C2CCN(CCSOOC)CC2)ccc1N. The number of ether oxygens (including phenoxy) is 1. The van der Waals surface area contributed by atoms with Crippen molar-refractivity contribution in [2.24, 2.45) is 0 Å². The van der Waals surface area contributed by atoms with Crippen molar-refractivity contribution in [2.75, 3.05) is 44.8 Å². The van der Waals surface area contributed by atoms with Gasteiger partial charge in [0.25, 0.3) is 0 Å². The first-order valence-corrected chi connectivity index (χ1v) is 8.72. The Morgan fingerprint density at radius 1 is 1.32 bits per heavy atom. The number of hydrogen-bond acceptors (Lipinski definition) is 6. The molecule has 1 aromatic carbocycles. The van der Waals surface area contributed by atoms with Gasteiger partial charge in [-0.3, -0.25) is 0 Å². The quantitative estimate of drug-likeness (QED) is 0.260. The molecule has 1 aromatic rings. The normalized spacial score (nSPS) is 16.8. The van der Waals surface area contributed by atoms with Gasteiger partial charge in [0.1, 0.15) is 5.75 Å². The molecule has 0 radical (unpaired) electrons. The molecule has 1 fully saturated rings. The van der Waals surface area contributed by atoms with Crippen LogP contribution in [-0.2, 0) is 9.22 Å². The summed E-state index contributed by atoms with van der Waals surface area (Å²) >= 11 is 1.36. The first-order valence-electron chi connectivity index (χ1n) is 7.81. The molecule has 1 aliphatic heterocycles. The highest BCUT2D eigenvalue weighted by molar-refractivity contribution is 7.94. The topological polar surface area (TPSA) is 57.0 Å². The van der Waals surface area contributed by atoms with Crippen LogP contribution in [0.5, 0.6) is 5.75 Å². The molecule has 1 saturated heterocycles. The zero-order valence-electron chi connectivity index (χ0n) is 13.4. The standard InChI is InChI=1S/C16H26N2O3S/c1-3-20-16-12-14(4-5-15(16)17)13-6-8-18(9-7-13)10-11-22-21-19-2/h4-5,12-13H,3,6-11,17H2,1-2H3. The molecule has 0 bridgehead atoms. The van der Waals surface area contributed by atoms with Gasteiger partial charge < -0.3 is 15.4 Å². The largest absolute Gasteiger partial charge is 0.492 e. The van der Waals surface area contributed by atoms with Gasteiger partial charge >= 0.3 is 0 Å². The van der Waals surface area contributed by atoms with E-state index in [2.05, 4.69) is 21.9 Å². The van der Waals surface area contributed by atoms with Crippen molar-refractivity contribution in [3.8, 4) is 5.75 Å². The van der Waals surface area contributed by atoms with Gasteiger partial charge in [-0.15, -0.1) is 0 Å². The summed E-state index contributed by atoms with van der Waals surface area (Å²) in [5.41, 5.74) is 8.01. The molecule has 0 saturated carbocycles. The number of piperidine rings is 1. The molecule has 6 heteroatoms. The average Bonchev–Trinajstić information content (AvgIpc) is 2.55. The van der Waals surface area contributed by atoms with Crippen molar-refractivity contribution in [1.82, 2.24) is 4.90 Å². The van der Waals surface area contributed by atoms with E-state index in [1.165, 1.54) is 37.6 Å². The third-order valence-corrected chi connectivity index (χ3v) is 4.58. The van der Waals surface area contributed by atoms with Crippen LogP contribution >= 0.6 is 12.0 Å². The van der Waals surface area contributed by atoms with Gasteiger partial charge in [-0.1, -0.05) is 6.07 Å². The number of anilines is 1. The molecule has 0 amide bonds. The van der Waals surface area contributed by atoms with Crippen LogP contribution in [0.15, 0.2) is 18.2 Å². The predicted octanol–water partition coefficient (Wildman–Crippen LogP) is 3.07. The molecule has 5 nitrogen and oxygen atoms in total. The predicted molar refractivity (Wildman–Crippen MR) is 91.0 cm³/mol. The number of likely N-dealkylation sites (tertiary alicyclic amines) is 1. The van der Waals surface area contributed by atoms with Gasteiger partial charge in [-0.2, -0.15) is 4.33 Å². The lowest BCUT2D eigenvalue weighted by Crippen LogP contribution is -2.34. The molecule has 22 heavy (non-hydrogen) atoms.